The molecule has 0 aliphatic rings. The zero-order chi connectivity index (χ0) is 40.3. The largest absolute Gasteiger partial charge is 0.335 e. The maximum Gasteiger partial charge on any atom is 0.0497 e. The molecule has 0 radical (unpaired) electrons. The number of benzene rings is 9. The number of rotatable bonds is 11. The molecule has 284 valence electrons. The summed E-state index contributed by atoms with van der Waals surface area (Å²) in [5.74, 6) is 0. The van der Waals surface area contributed by atoms with E-state index in [4.69, 9.17) is 0 Å². The molecule has 9 aromatic rings. The van der Waals surface area contributed by atoms with E-state index in [1.54, 1.807) is 0 Å². The molecule has 0 aliphatic carbocycles. The molecule has 0 N–H and O–H groups in total. The summed E-state index contributed by atoms with van der Waals surface area (Å²) < 4.78 is 0. The molecule has 1 atom stereocenters. The van der Waals surface area contributed by atoms with Gasteiger partial charge in [0.05, 0.1) is 0 Å². The Hall–Kier alpha value is -7.22. The third-order valence-electron chi connectivity index (χ3n) is 11.7. The van der Waals surface area contributed by atoms with Gasteiger partial charge in [-0.15, -0.1) is 0 Å². The molecule has 9 rings (SSSR count). The van der Waals surface area contributed by atoms with Crippen LogP contribution in [0.1, 0.15) is 25.8 Å². The summed E-state index contributed by atoms with van der Waals surface area (Å²) in [5, 5.41) is 9.99. The molecule has 0 saturated carbocycles. The predicted molar refractivity (Wildman–Crippen MR) is 259 cm³/mol. The first-order valence-electron chi connectivity index (χ1n) is 20.7. The lowest BCUT2D eigenvalue weighted by molar-refractivity contribution is 0.864. The van der Waals surface area contributed by atoms with Crippen molar-refractivity contribution in [1.29, 1.82) is 0 Å². The van der Waals surface area contributed by atoms with Crippen LogP contribution in [0.4, 0.5) is 11.4 Å². The minimum absolute atomic E-state index is 0.0696. The standard InChI is InChI=1S/C58H47N/c1-5-8-21-40(4)59(45-36-32-43(33-37-45)57-49-26-14-12-24-47(49)55(41(7-3)20-6-2)48-25-13-15-27-50(48)57)46-38-34-44(35-39-46)58-53-30-18-16-28-51(53)56(42-22-10-9-11-23-42)52-29-17-19-31-54(52)58/h5,7-40H,1,3,6H2,2,4H3/b21-8-,41-20+. The second kappa shape index (κ2) is 16.3. The smallest absolute Gasteiger partial charge is 0.0497 e. The average Bonchev–Trinajstić information content (AvgIpc) is 3.29. The van der Waals surface area contributed by atoms with E-state index in [2.05, 4.69) is 220 Å². The zero-order valence-electron chi connectivity index (χ0n) is 33.8. The first-order chi connectivity index (χ1) is 29.1. The van der Waals surface area contributed by atoms with Crippen molar-refractivity contribution in [3.63, 3.8) is 0 Å². The number of anilines is 2. The van der Waals surface area contributed by atoms with E-state index in [1.807, 2.05) is 18.2 Å². The highest BCUT2D eigenvalue weighted by atomic mass is 15.2. The van der Waals surface area contributed by atoms with Crippen LogP contribution in [0.25, 0.3) is 82.0 Å². The fourth-order valence-corrected chi connectivity index (χ4v) is 9.14. The number of hydrogen-bond acceptors (Lipinski definition) is 1. The lowest BCUT2D eigenvalue weighted by Gasteiger charge is -2.30. The number of allylic oxidation sites excluding steroid dienone is 5. The Morgan fingerprint density at radius 2 is 0.831 bits per heavy atom. The lowest BCUT2D eigenvalue weighted by Crippen LogP contribution is -2.26. The van der Waals surface area contributed by atoms with Gasteiger partial charge < -0.3 is 4.90 Å². The van der Waals surface area contributed by atoms with E-state index in [-0.39, 0.29) is 6.04 Å². The maximum atomic E-state index is 4.21. The van der Waals surface area contributed by atoms with Crippen molar-refractivity contribution in [3.8, 4) is 33.4 Å². The summed E-state index contributed by atoms with van der Waals surface area (Å²) in [5.41, 5.74) is 12.1. The minimum Gasteiger partial charge on any atom is -0.335 e. The highest BCUT2D eigenvalue weighted by molar-refractivity contribution is 6.22. The van der Waals surface area contributed by atoms with E-state index in [1.165, 1.54) is 87.6 Å². The van der Waals surface area contributed by atoms with Crippen LogP contribution in [0.2, 0.25) is 0 Å². The van der Waals surface area contributed by atoms with Crippen molar-refractivity contribution in [2.24, 2.45) is 0 Å². The van der Waals surface area contributed by atoms with Gasteiger partial charge in [-0.2, -0.15) is 0 Å². The second-order valence-corrected chi connectivity index (χ2v) is 15.1. The maximum absolute atomic E-state index is 4.21. The Bertz CT molecular complexity index is 2940. The molecule has 0 amide bonds. The van der Waals surface area contributed by atoms with Crippen LogP contribution in [-0.2, 0) is 0 Å². The zero-order valence-corrected chi connectivity index (χ0v) is 33.8. The van der Waals surface area contributed by atoms with Crippen LogP contribution in [-0.4, -0.2) is 6.04 Å². The Morgan fingerprint density at radius 1 is 0.475 bits per heavy atom. The summed E-state index contributed by atoms with van der Waals surface area (Å²) in [6.45, 7) is 12.6. The molecule has 0 bridgehead atoms. The first-order valence-corrected chi connectivity index (χ1v) is 20.7. The molecule has 0 saturated heterocycles. The Kier molecular flexibility index (Phi) is 10.3. The Labute approximate surface area is 348 Å². The Balaban J connectivity index is 1.16. The van der Waals surface area contributed by atoms with Gasteiger partial charge in [-0.3, -0.25) is 0 Å². The van der Waals surface area contributed by atoms with E-state index >= 15 is 0 Å². The van der Waals surface area contributed by atoms with Gasteiger partial charge in [0.25, 0.3) is 0 Å². The third kappa shape index (κ3) is 6.75. The fourth-order valence-electron chi connectivity index (χ4n) is 9.14. The quantitative estimate of drug-likeness (QED) is 0.0938. The molecule has 59 heavy (non-hydrogen) atoms. The van der Waals surface area contributed by atoms with E-state index < -0.39 is 0 Å². The molecule has 0 spiro atoms. The molecule has 1 heteroatoms. The third-order valence-corrected chi connectivity index (χ3v) is 11.7. The van der Waals surface area contributed by atoms with Gasteiger partial charge in [-0.05, 0) is 125 Å². The van der Waals surface area contributed by atoms with Gasteiger partial charge in [-0.1, -0.05) is 202 Å². The summed E-state index contributed by atoms with van der Waals surface area (Å²) in [7, 11) is 0. The molecule has 0 aliphatic heterocycles. The van der Waals surface area contributed by atoms with Crippen molar-refractivity contribution < 1.29 is 0 Å². The normalized spacial score (nSPS) is 12.4. The van der Waals surface area contributed by atoms with Crippen LogP contribution < -0.4 is 4.90 Å². The van der Waals surface area contributed by atoms with Crippen molar-refractivity contribution in [3.05, 3.63) is 225 Å². The minimum atomic E-state index is 0.0696. The van der Waals surface area contributed by atoms with Crippen LogP contribution in [0, 0.1) is 0 Å². The Morgan fingerprint density at radius 3 is 1.20 bits per heavy atom. The van der Waals surface area contributed by atoms with Crippen LogP contribution in [0.5, 0.6) is 0 Å². The van der Waals surface area contributed by atoms with Crippen molar-refractivity contribution in [2.75, 3.05) is 4.90 Å². The lowest BCUT2D eigenvalue weighted by atomic mass is 9.85. The molecule has 0 fully saturated rings. The topological polar surface area (TPSA) is 3.24 Å². The molecule has 0 heterocycles. The average molecular weight is 758 g/mol. The number of fused-ring (bicyclic) bond motifs is 4. The van der Waals surface area contributed by atoms with Gasteiger partial charge in [0.2, 0.25) is 0 Å². The van der Waals surface area contributed by atoms with Gasteiger partial charge >= 0.3 is 0 Å². The summed E-state index contributed by atoms with van der Waals surface area (Å²) >= 11 is 0. The molecule has 1 unspecified atom stereocenters. The molecule has 9 aromatic carbocycles. The van der Waals surface area contributed by atoms with Crippen molar-refractivity contribution in [2.45, 2.75) is 26.3 Å². The SMILES string of the molecule is C=C/C=C\C(C)N(c1ccc(-c2c3ccccc3c(/C(C=C)=C/CC)c3ccccc23)cc1)c1ccc(-c2c3ccccc3c(-c3ccccc3)c3ccccc23)cc1. The van der Waals surface area contributed by atoms with Crippen LogP contribution in [0.3, 0.4) is 0 Å². The monoisotopic (exact) mass is 757 g/mol. The van der Waals surface area contributed by atoms with Crippen LogP contribution in [0.15, 0.2) is 219 Å². The van der Waals surface area contributed by atoms with Gasteiger partial charge in [-0.25, -0.2) is 0 Å². The summed E-state index contributed by atoms with van der Waals surface area (Å²) in [6, 6.07) is 64.4. The van der Waals surface area contributed by atoms with Gasteiger partial charge in [0.15, 0.2) is 0 Å². The van der Waals surface area contributed by atoms with Gasteiger partial charge in [0, 0.05) is 17.4 Å². The first kappa shape index (κ1) is 37.4. The highest BCUT2D eigenvalue weighted by Crippen LogP contribution is 2.45. The van der Waals surface area contributed by atoms with Crippen molar-refractivity contribution >= 4 is 60.0 Å². The van der Waals surface area contributed by atoms with E-state index in [0.717, 1.165) is 17.8 Å². The molecular formula is C58H47N. The van der Waals surface area contributed by atoms with Gasteiger partial charge in [0.1, 0.15) is 0 Å². The predicted octanol–water partition coefficient (Wildman–Crippen LogP) is 16.5. The number of hydrogen-bond donors (Lipinski definition) is 0. The second-order valence-electron chi connectivity index (χ2n) is 15.1. The van der Waals surface area contributed by atoms with E-state index in [0.29, 0.717) is 0 Å². The highest BCUT2D eigenvalue weighted by Gasteiger charge is 2.20. The van der Waals surface area contributed by atoms with Crippen molar-refractivity contribution in [1.82, 2.24) is 0 Å². The molecule has 0 aromatic heterocycles. The summed E-state index contributed by atoms with van der Waals surface area (Å²) in [4.78, 5) is 2.41. The van der Waals surface area contributed by atoms with Crippen LogP contribution >= 0.6 is 0 Å². The fraction of sp³-hybridized carbons (Fsp3) is 0.0690. The molecular weight excluding hydrogens is 711 g/mol. The number of nitrogens with zero attached hydrogens (tertiary/aromatic N) is 1. The van der Waals surface area contributed by atoms with E-state index in [9.17, 15) is 0 Å². The summed E-state index contributed by atoms with van der Waals surface area (Å²) in [6.07, 6.45) is 11.3. The molecule has 1 nitrogen and oxygen atoms in total.